The van der Waals surface area contributed by atoms with Crippen LogP contribution in [0.2, 0.25) is 0 Å². The third-order valence-corrected chi connectivity index (χ3v) is 3.00. The van der Waals surface area contributed by atoms with Crippen LogP contribution in [0, 0.1) is 5.82 Å². The molecule has 1 aliphatic heterocycles. The first-order valence-corrected chi connectivity index (χ1v) is 6.08. The SMILES string of the molecule is O=C(CN1CCCC1=O)Nc1ccc(C(=O)O)cc1F. The van der Waals surface area contributed by atoms with Gasteiger partial charge in [-0.3, -0.25) is 9.59 Å². The molecule has 106 valence electrons. The summed E-state index contributed by atoms with van der Waals surface area (Å²) in [4.78, 5) is 35.1. The summed E-state index contributed by atoms with van der Waals surface area (Å²) < 4.78 is 13.6. The Bertz CT molecular complexity index is 573. The molecule has 0 bridgehead atoms. The van der Waals surface area contributed by atoms with Crippen LogP contribution >= 0.6 is 0 Å². The molecule has 1 saturated heterocycles. The van der Waals surface area contributed by atoms with E-state index in [0.29, 0.717) is 19.4 Å². The minimum atomic E-state index is -1.25. The average Bonchev–Trinajstić information content (AvgIpc) is 2.77. The number of carboxylic acids is 1. The first-order valence-electron chi connectivity index (χ1n) is 6.08. The molecule has 1 aromatic carbocycles. The van der Waals surface area contributed by atoms with Crippen LogP contribution in [0.15, 0.2) is 18.2 Å². The number of anilines is 1. The van der Waals surface area contributed by atoms with Gasteiger partial charge in [-0.2, -0.15) is 0 Å². The van der Waals surface area contributed by atoms with Gasteiger partial charge in [0.15, 0.2) is 0 Å². The van der Waals surface area contributed by atoms with E-state index in [1.54, 1.807) is 0 Å². The molecule has 0 atom stereocenters. The van der Waals surface area contributed by atoms with Crippen LogP contribution in [-0.2, 0) is 9.59 Å². The smallest absolute Gasteiger partial charge is 0.335 e. The molecule has 2 rings (SSSR count). The lowest BCUT2D eigenvalue weighted by Gasteiger charge is -2.15. The summed E-state index contributed by atoms with van der Waals surface area (Å²) in [7, 11) is 0. The van der Waals surface area contributed by atoms with Crippen LogP contribution in [0.1, 0.15) is 23.2 Å². The van der Waals surface area contributed by atoms with Crippen LogP contribution in [0.25, 0.3) is 0 Å². The Kier molecular flexibility index (Phi) is 3.97. The number of benzene rings is 1. The molecule has 6 nitrogen and oxygen atoms in total. The highest BCUT2D eigenvalue weighted by molar-refractivity contribution is 5.95. The van der Waals surface area contributed by atoms with Crippen molar-refractivity contribution in [3.63, 3.8) is 0 Å². The Morgan fingerprint density at radius 2 is 2.15 bits per heavy atom. The predicted octanol–water partition coefficient (Wildman–Crippen LogP) is 1.08. The second-order valence-electron chi connectivity index (χ2n) is 4.47. The van der Waals surface area contributed by atoms with E-state index in [2.05, 4.69) is 5.32 Å². The van der Waals surface area contributed by atoms with Gasteiger partial charge >= 0.3 is 5.97 Å². The Morgan fingerprint density at radius 1 is 1.40 bits per heavy atom. The van der Waals surface area contributed by atoms with E-state index in [0.717, 1.165) is 6.07 Å². The van der Waals surface area contributed by atoms with Gasteiger partial charge in [-0.25, -0.2) is 9.18 Å². The zero-order chi connectivity index (χ0) is 14.7. The number of rotatable bonds is 4. The van der Waals surface area contributed by atoms with Gasteiger partial charge in [0, 0.05) is 13.0 Å². The van der Waals surface area contributed by atoms with Gasteiger partial charge in [0.25, 0.3) is 0 Å². The molecule has 2 amide bonds. The number of aromatic carboxylic acids is 1. The summed E-state index contributed by atoms with van der Waals surface area (Å²) in [6.07, 6.45) is 1.14. The van der Waals surface area contributed by atoms with Gasteiger partial charge in [-0.15, -0.1) is 0 Å². The molecule has 1 aliphatic rings. The lowest BCUT2D eigenvalue weighted by Crippen LogP contribution is -2.34. The molecule has 0 radical (unpaired) electrons. The fourth-order valence-corrected chi connectivity index (χ4v) is 1.98. The minimum absolute atomic E-state index is 0.0955. The summed E-state index contributed by atoms with van der Waals surface area (Å²) in [5.41, 5.74) is -0.304. The van der Waals surface area contributed by atoms with Crippen molar-refractivity contribution in [2.45, 2.75) is 12.8 Å². The Labute approximate surface area is 114 Å². The van der Waals surface area contributed by atoms with Crippen molar-refractivity contribution in [1.82, 2.24) is 4.90 Å². The van der Waals surface area contributed by atoms with Crippen molar-refractivity contribution in [3.05, 3.63) is 29.6 Å². The van der Waals surface area contributed by atoms with Crippen molar-refractivity contribution in [3.8, 4) is 0 Å². The third-order valence-electron chi connectivity index (χ3n) is 3.00. The predicted molar refractivity (Wildman–Crippen MR) is 67.8 cm³/mol. The third kappa shape index (κ3) is 3.11. The van der Waals surface area contributed by atoms with E-state index in [1.807, 2.05) is 0 Å². The first kappa shape index (κ1) is 14.0. The maximum absolute atomic E-state index is 13.6. The van der Waals surface area contributed by atoms with Crippen LogP contribution < -0.4 is 5.32 Å². The van der Waals surface area contributed by atoms with Crippen LogP contribution in [0.4, 0.5) is 10.1 Å². The fourth-order valence-electron chi connectivity index (χ4n) is 1.98. The summed E-state index contributed by atoms with van der Waals surface area (Å²) in [5.74, 6) is -2.68. The zero-order valence-electron chi connectivity index (χ0n) is 10.6. The van der Waals surface area contributed by atoms with Crippen LogP contribution in [-0.4, -0.2) is 40.9 Å². The molecule has 20 heavy (non-hydrogen) atoms. The summed E-state index contributed by atoms with van der Waals surface area (Å²) >= 11 is 0. The van der Waals surface area contributed by atoms with Gasteiger partial charge in [0.2, 0.25) is 11.8 Å². The Balaban J connectivity index is 2.00. The van der Waals surface area contributed by atoms with Gasteiger partial charge in [-0.1, -0.05) is 0 Å². The van der Waals surface area contributed by atoms with Gasteiger partial charge in [0.05, 0.1) is 17.8 Å². The molecule has 1 fully saturated rings. The van der Waals surface area contributed by atoms with Crippen LogP contribution in [0.5, 0.6) is 0 Å². The second-order valence-corrected chi connectivity index (χ2v) is 4.47. The largest absolute Gasteiger partial charge is 0.478 e. The maximum Gasteiger partial charge on any atom is 0.335 e. The molecule has 2 N–H and O–H groups in total. The molecule has 0 saturated carbocycles. The van der Waals surface area contributed by atoms with E-state index in [4.69, 9.17) is 5.11 Å². The number of hydrogen-bond donors (Lipinski definition) is 2. The number of carbonyl (C=O) groups excluding carboxylic acids is 2. The summed E-state index contributed by atoms with van der Waals surface area (Å²) in [6, 6.07) is 3.21. The molecule has 0 aliphatic carbocycles. The highest BCUT2D eigenvalue weighted by Gasteiger charge is 2.22. The Morgan fingerprint density at radius 3 is 2.70 bits per heavy atom. The normalized spacial score (nSPS) is 14.4. The first-order chi connectivity index (χ1) is 9.47. The van der Waals surface area contributed by atoms with Gasteiger partial charge < -0.3 is 15.3 Å². The number of likely N-dealkylation sites (tertiary alicyclic amines) is 1. The van der Waals surface area contributed by atoms with Crippen LogP contribution in [0.3, 0.4) is 0 Å². The molecule has 0 spiro atoms. The number of halogens is 1. The zero-order valence-corrected chi connectivity index (χ0v) is 10.6. The molecule has 0 unspecified atom stereocenters. The maximum atomic E-state index is 13.6. The molecule has 7 heteroatoms. The van der Waals surface area contributed by atoms with Crippen molar-refractivity contribution in [2.75, 3.05) is 18.4 Å². The van der Waals surface area contributed by atoms with Crippen molar-refractivity contribution in [1.29, 1.82) is 0 Å². The second kappa shape index (κ2) is 5.68. The fraction of sp³-hybridized carbons (Fsp3) is 0.308. The highest BCUT2D eigenvalue weighted by atomic mass is 19.1. The molecule has 1 heterocycles. The van der Waals surface area contributed by atoms with Crippen molar-refractivity contribution < 1.29 is 23.9 Å². The molecular formula is C13H13FN2O4. The standard InChI is InChI=1S/C13H13FN2O4/c14-9-6-8(13(19)20)3-4-10(9)15-11(17)7-16-5-1-2-12(16)18/h3-4,6H,1-2,5,7H2,(H,15,17)(H,19,20). The number of carbonyl (C=O) groups is 3. The van der Waals surface area contributed by atoms with Crippen molar-refractivity contribution in [2.24, 2.45) is 0 Å². The van der Waals surface area contributed by atoms with Gasteiger partial charge in [0.1, 0.15) is 5.82 Å². The topological polar surface area (TPSA) is 86.7 Å². The monoisotopic (exact) mass is 280 g/mol. The van der Waals surface area contributed by atoms with E-state index in [-0.39, 0.29) is 23.7 Å². The average molecular weight is 280 g/mol. The van der Waals surface area contributed by atoms with E-state index >= 15 is 0 Å². The molecule has 1 aromatic rings. The van der Waals surface area contributed by atoms with E-state index in [1.165, 1.54) is 17.0 Å². The number of carboxylic acid groups (broad SMARTS) is 1. The molecular weight excluding hydrogens is 267 g/mol. The van der Waals surface area contributed by atoms with Crippen molar-refractivity contribution >= 4 is 23.5 Å². The molecule has 0 aromatic heterocycles. The number of hydrogen-bond acceptors (Lipinski definition) is 3. The minimum Gasteiger partial charge on any atom is -0.478 e. The number of amides is 2. The highest BCUT2D eigenvalue weighted by Crippen LogP contribution is 2.16. The lowest BCUT2D eigenvalue weighted by molar-refractivity contribution is -0.131. The summed E-state index contributed by atoms with van der Waals surface area (Å²) in [5, 5.41) is 11.0. The quantitative estimate of drug-likeness (QED) is 0.864. The van der Waals surface area contributed by atoms with E-state index in [9.17, 15) is 18.8 Å². The van der Waals surface area contributed by atoms with Gasteiger partial charge in [-0.05, 0) is 24.6 Å². The summed E-state index contributed by atoms with van der Waals surface area (Å²) in [6.45, 7) is 0.394. The van der Waals surface area contributed by atoms with E-state index < -0.39 is 17.7 Å². The lowest BCUT2D eigenvalue weighted by atomic mass is 10.2. The number of nitrogens with one attached hydrogen (secondary N) is 1. The number of nitrogens with zero attached hydrogens (tertiary/aromatic N) is 1. The Hall–Kier alpha value is -2.44.